The highest BCUT2D eigenvalue weighted by Gasteiger charge is 2.25. The van der Waals surface area contributed by atoms with Crippen LogP contribution in [0.1, 0.15) is 32.1 Å². The van der Waals surface area contributed by atoms with Crippen LogP contribution in [0.4, 0.5) is 17.3 Å². The van der Waals surface area contributed by atoms with Gasteiger partial charge in [-0.15, -0.1) is 10.2 Å². The highest BCUT2D eigenvalue weighted by Crippen LogP contribution is 2.31. The summed E-state index contributed by atoms with van der Waals surface area (Å²) < 4.78 is 2.04. The molecule has 3 heterocycles. The van der Waals surface area contributed by atoms with Crippen LogP contribution in [0.25, 0.3) is 5.69 Å². The molecule has 3 aromatic rings. The largest absolute Gasteiger partial charge is 0.341 e. The van der Waals surface area contributed by atoms with Crippen molar-refractivity contribution < 1.29 is 9.59 Å². The van der Waals surface area contributed by atoms with Gasteiger partial charge >= 0.3 is 0 Å². The number of amides is 2. The lowest BCUT2D eigenvalue weighted by atomic mass is 10.1. The predicted octanol–water partition coefficient (Wildman–Crippen LogP) is 4.12. The van der Waals surface area contributed by atoms with Crippen molar-refractivity contribution in [1.29, 1.82) is 0 Å². The Morgan fingerprint density at radius 3 is 2.44 bits per heavy atom. The first-order valence-electron chi connectivity index (χ1n) is 11.8. The van der Waals surface area contributed by atoms with Crippen molar-refractivity contribution in [3.8, 4) is 5.69 Å². The van der Waals surface area contributed by atoms with Crippen LogP contribution in [0.3, 0.4) is 0 Å². The van der Waals surface area contributed by atoms with Crippen molar-refractivity contribution in [1.82, 2.24) is 14.8 Å². The second-order valence-corrected chi connectivity index (χ2v) is 9.45. The number of anilines is 3. The fourth-order valence-electron chi connectivity index (χ4n) is 4.49. The minimum absolute atomic E-state index is 0.0947. The van der Waals surface area contributed by atoms with E-state index in [9.17, 15) is 9.59 Å². The summed E-state index contributed by atoms with van der Waals surface area (Å²) in [6.45, 7) is 2.60. The molecule has 0 aliphatic carbocycles. The Balaban J connectivity index is 1.32. The molecule has 1 N–H and O–H groups in total. The van der Waals surface area contributed by atoms with Gasteiger partial charge in [-0.05, 0) is 49.9 Å². The molecule has 2 aliphatic heterocycles. The monoisotopic (exact) mass is 476 g/mol. The third-order valence-electron chi connectivity index (χ3n) is 6.14. The van der Waals surface area contributed by atoms with Crippen molar-refractivity contribution in [2.24, 2.45) is 0 Å². The van der Waals surface area contributed by atoms with Crippen LogP contribution in [0.2, 0.25) is 0 Å². The third kappa shape index (κ3) is 4.79. The molecule has 0 bridgehead atoms. The average Bonchev–Trinajstić information content (AvgIpc) is 3.50. The first kappa shape index (κ1) is 22.5. The summed E-state index contributed by atoms with van der Waals surface area (Å²) >= 11 is 1.36. The molecule has 34 heavy (non-hydrogen) atoms. The van der Waals surface area contributed by atoms with E-state index in [0.29, 0.717) is 23.8 Å². The Bertz CT molecular complexity index is 1160. The average molecular weight is 477 g/mol. The second kappa shape index (κ2) is 10.3. The Hall–Kier alpha value is -3.33. The molecule has 0 atom stereocenters. The SMILES string of the molecule is O=C(CSc1nnc(N2CCCCC2)n1-c1ccccc1)Nc1ccccc1N1CCCC1=O. The first-order valence-corrected chi connectivity index (χ1v) is 12.8. The molecule has 9 heteroatoms. The smallest absolute Gasteiger partial charge is 0.234 e. The lowest BCUT2D eigenvalue weighted by Crippen LogP contribution is -2.31. The number of thioether (sulfide) groups is 1. The number of benzene rings is 2. The van der Waals surface area contributed by atoms with Gasteiger partial charge in [-0.2, -0.15) is 0 Å². The van der Waals surface area contributed by atoms with Gasteiger partial charge in [0.15, 0.2) is 5.16 Å². The highest BCUT2D eigenvalue weighted by molar-refractivity contribution is 7.99. The summed E-state index contributed by atoms with van der Waals surface area (Å²) in [7, 11) is 0. The molecule has 1 aromatic heterocycles. The summed E-state index contributed by atoms with van der Waals surface area (Å²) in [5.74, 6) is 0.961. The molecule has 2 aliphatic rings. The summed E-state index contributed by atoms with van der Waals surface area (Å²) in [5, 5.41) is 12.6. The molecule has 176 valence electrons. The molecule has 5 rings (SSSR count). The zero-order chi connectivity index (χ0) is 23.3. The van der Waals surface area contributed by atoms with Crippen LogP contribution in [0.15, 0.2) is 59.8 Å². The van der Waals surface area contributed by atoms with Crippen LogP contribution < -0.4 is 15.1 Å². The van der Waals surface area contributed by atoms with Gasteiger partial charge in [-0.1, -0.05) is 42.1 Å². The number of hydrogen-bond donors (Lipinski definition) is 1. The van der Waals surface area contributed by atoms with E-state index in [1.54, 1.807) is 4.90 Å². The van der Waals surface area contributed by atoms with Crippen molar-refractivity contribution in [3.05, 3.63) is 54.6 Å². The van der Waals surface area contributed by atoms with E-state index in [1.807, 2.05) is 59.2 Å². The Morgan fingerprint density at radius 1 is 0.912 bits per heavy atom. The minimum Gasteiger partial charge on any atom is -0.341 e. The lowest BCUT2D eigenvalue weighted by molar-refractivity contribution is -0.117. The summed E-state index contributed by atoms with van der Waals surface area (Å²) in [6.07, 6.45) is 4.91. The van der Waals surface area contributed by atoms with Gasteiger partial charge in [-0.3, -0.25) is 14.2 Å². The molecule has 2 aromatic carbocycles. The van der Waals surface area contributed by atoms with E-state index in [2.05, 4.69) is 20.4 Å². The van der Waals surface area contributed by atoms with Gasteiger partial charge in [-0.25, -0.2) is 0 Å². The van der Waals surface area contributed by atoms with E-state index >= 15 is 0 Å². The quantitative estimate of drug-likeness (QED) is 0.517. The van der Waals surface area contributed by atoms with Crippen molar-refractivity contribution in [2.75, 3.05) is 40.5 Å². The number of aromatic nitrogens is 3. The van der Waals surface area contributed by atoms with E-state index in [-0.39, 0.29) is 17.6 Å². The predicted molar refractivity (Wildman–Crippen MR) is 135 cm³/mol. The third-order valence-corrected chi connectivity index (χ3v) is 7.07. The van der Waals surface area contributed by atoms with E-state index in [1.165, 1.54) is 18.2 Å². The molecule has 2 saturated heterocycles. The first-order chi connectivity index (χ1) is 16.7. The molecule has 8 nitrogen and oxygen atoms in total. The molecular weight excluding hydrogens is 448 g/mol. The maximum atomic E-state index is 12.9. The normalized spacial score (nSPS) is 16.2. The number of piperidine rings is 1. The van der Waals surface area contributed by atoms with Crippen LogP contribution in [0.5, 0.6) is 0 Å². The number of carbonyl (C=O) groups is 2. The fourth-order valence-corrected chi connectivity index (χ4v) is 5.24. The fraction of sp³-hybridized carbons (Fsp3) is 0.360. The Morgan fingerprint density at radius 2 is 1.68 bits per heavy atom. The van der Waals surface area contributed by atoms with Gasteiger partial charge < -0.3 is 15.1 Å². The molecule has 2 fully saturated rings. The topological polar surface area (TPSA) is 83.4 Å². The molecule has 0 radical (unpaired) electrons. The standard InChI is InChI=1S/C25H28N6O2S/c32-22(26-20-12-5-6-13-21(20)30-17-9-14-23(30)33)18-34-25-28-27-24(29-15-7-2-8-16-29)31(25)19-10-3-1-4-11-19/h1,3-6,10-13H,2,7-9,14-18H2,(H,26,32). The summed E-state index contributed by atoms with van der Waals surface area (Å²) in [4.78, 5) is 29.1. The minimum atomic E-state index is -0.147. The zero-order valence-electron chi connectivity index (χ0n) is 19.0. The Kier molecular flexibility index (Phi) is 6.80. The maximum Gasteiger partial charge on any atom is 0.234 e. The van der Waals surface area contributed by atoms with Crippen LogP contribution in [-0.2, 0) is 9.59 Å². The van der Waals surface area contributed by atoms with Gasteiger partial charge in [0.1, 0.15) is 0 Å². The lowest BCUT2D eigenvalue weighted by Gasteiger charge is -2.27. The van der Waals surface area contributed by atoms with E-state index in [0.717, 1.165) is 49.7 Å². The van der Waals surface area contributed by atoms with Gasteiger partial charge in [0.05, 0.1) is 22.8 Å². The van der Waals surface area contributed by atoms with Crippen molar-refractivity contribution in [3.63, 3.8) is 0 Å². The van der Waals surface area contributed by atoms with Crippen LogP contribution in [-0.4, -0.2) is 52.0 Å². The molecule has 0 spiro atoms. The van der Waals surface area contributed by atoms with Gasteiger partial charge in [0.2, 0.25) is 17.8 Å². The summed E-state index contributed by atoms with van der Waals surface area (Å²) in [6, 6.07) is 17.5. The Labute approximate surface area is 203 Å². The number of nitrogens with zero attached hydrogens (tertiary/aromatic N) is 5. The molecule has 0 saturated carbocycles. The van der Waals surface area contributed by atoms with Crippen molar-refractivity contribution >= 4 is 40.9 Å². The summed E-state index contributed by atoms with van der Waals surface area (Å²) in [5.41, 5.74) is 2.39. The number of para-hydroxylation sites is 3. The van der Waals surface area contributed by atoms with E-state index in [4.69, 9.17) is 0 Å². The van der Waals surface area contributed by atoms with E-state index < -0.39 is 0 Å². The number of nitrogens with one attached hydrogen (secondary N) is 1. The maximum absolute atomic E-state index is 12.9. The van der Waals surface area contributed by atoms with Crippen LogP contribution >= 0.6 is 11.8 Å². The number of carbonyl (C=O) groups excluding carboxylic acids is 2. The van der Waals surface area contributed by atoms with Gasteiger partial charge in [0.25, 0.3) is 0 Å². The highest BCUT2D eigenvalue weighted by atomic mass is 32.2. The second-order valence-electron chi connectivity index (χ2n) is 8.50. The van der Waals surface area contributed by atoms with Crippen molar-refractivity contribution in [2.45, 2.75) is 37.3 Å². The number of rotatable bonds is 7. The number of hydrogen-bond acceptors (Lipinski definition) is 6. The molecule has 2 amide bonds. The zero-order valence-corrected chi connectivity index (χ0v) is 19.8. The molecular formula is C25H28N6O2S. The van der Waals surface area contributed by atoms with Crippen LogP contribution in [0, 0.1) is 0 Å². The van der Waals surface area contributed by atoms with Gasteiger partial charge in [0, 0.05) is 26.1 Å². The molecule has 0 unspecified atom stereocenters.